The number of aliphatic hydroxyl groups is 1. The molecule has 0 atom stereocenters. The fraction of sp³-hybridized carbons (Fsp3) is 0.562. The third kappa shape index (κ3) is 3.31. The number of hydrogen-bond acceptors (Lipinski definition) is 3. The summed E-state index contributed by atoms with van der Waals surface area (Å²) in [6, 6.07) is 6.10. The first-order valence-electron chi connectivity index (χ1n) is 7.53. The van der Waals surface area contributed by atoms with Crippen LogP contribution in [0.25, 0.3) is 11.0 Å². The maximum Gasteiger partial charge on any atom is 0.121 e. The minimum Gasteiger partial charge on any atom is -0.494 e. The molecule has 0 amide bonds. The number of aromatic nitrogens is 2. The number of aliphatic hydroxyl groups excluding tert-OH is 1. The lowest BCUT2D eigenvalue weighted by Crippen LogP contribution is -2.05. The van der Waals surface area contributed by atoms with Crippen LogP contribution in [0.2, 0.25) is 0 Å². The molecule has 2 rings (SSSR count). The summed E-state index contributed by atoms with van der Waals surface area (Å²) < 4.78 is 7.82. The molecule has 1 heterocycles. The standard InChI is InChI=1S/C16H24N2O2/c1-3-5-10-18-15-9-8-13(20-4-2)12-14(15)17-16(18)7-6-11-19/h8-9,12,19H,3-7,10-11H2,1-2H3. The third-order valence-electron chi connectivity index (χ3n) is 3.40. The molecule has 20 heavy (non-hydrogen) atoms. The molecule has 0 fully saturated rings. The van der Waals surface area contributed by atoms with Crippen molar-refractivity contribution in [3.8, 4) is 5.75 Å². The molecule has 4 nitrogen and oxygen atoms in total. The van der Waals surface area contributed by atoms with Crippen LogP contribution in [-0.2, 0) is 13.0 Å². The van der Waals surface area contributed by atoms with Gasteiger partial charge in [-0.05, 0) is 31.9 Å². The van der Waals surface area contributed by atoms with Gasteiger partial charge in [0.2, 0.25) is 0 Å². The van der Waals surface area contributed by atoms with Gasteiger partial charge < -0.3 is 14.4 Å². The predicted octanol–water partition coefficient (Wildman–Crippen LogP) is 3.16. The van der Waals surface area contributed by atoms with Gasteiger partial charge in [-0.2, -0.15) is 0 Å². The first-order chi connectivity index (χ1) is 9.80. The molecule has 0 spiro atoms. The lowest BCUT2D eigenvalue weighted by atomic mass is 10.2. The van der Waals surface area contributed by atoms with Crippen LogP contribution in [0.3, 0.4) is 0 Å². The van der Waals surface area contributed by atoms with Crippen molar-refractivity contribution in [2.24, 2.45) is 0 Å². The maximum absolute atomic E-state index is 9.03. The molecule has 0 unspecified atom stereocenters. The molecule has 1 N–H and O–H groups in total. The summed E-state index contributed by atoms with van der Waals surface area (Å²) in [4.78, 5) is 4.72. The number of hydrogen-bond donors (Lipinski definition) is 1. The highest BCUT2D eigenvalue weighted by atomic mass is 16.5. The molecule has 1 aromatic heterocycles. The Bertz CT molecular complexity index is 549. The summed E-state index contributed by atoms with van der Waals surface area (Å²) in [7, 11) is 0. The highest BCUT2D eigenvalue weighted by Gasteiger charge is 2.11. The van der Waals surface area contributed by atoms with E-state index in [1.807, 2.05) is 19.1 Å². The number of aryl methyl sites for hydroxylation is 2. The van der Waals surface area contributed by atoms with E-state index in [4.69, 9.17) is 14.8 Å². The van der Waals surface area contributed by atoms with E-state index >= 15 is 0 Å². The van der Waals surface area contributed by atoms with E-state index in [2.05, 4.69) is 17.6 Å². The minimum absolute atomic E-state index is 0.210. The molecular formula is C16H24N2O2. The largest absolute Gasteiger partial charge is 0.494 e. The number of imidazole rings is 1. The van der Waals surface area contributed by atoms with Gasteiger partial charge in [0.05, 0.1) is 17.6 Å². The summed E-state index contributed by atoms with van der Waals surface area (Å²) >= 11 is 0. The Morgan fingerprint density at radius 3 is 2.80 bits per heavy atom. The van der Waals surface area contributed by atoms with E-state index in [1.54, 1.807) is 0 Å². The molecule has 1 aromatic carbocycles. The molecule has 0 saturated heterocycles. The van der Waals surface area contributed by atoms with Crippen molar-refractivity contribution in [2.75, 3.05) is 13.2 Å². The van der Waals surface area contributed by atoms with Crippen molar-refractivity contribution in [2.45, 2.75) is 46.1 Å². The number of benzene rings is 1. The number of fused-ring (bicyclic) bond motifs is 1. The maximum atomic E-state index is 9.03. The van der Waals surface area contributed by atoms with Gasteiger partial charge in [-0.3, -0.25) is 0 Å². The lowest BCUT2D eigenvalue weighted by Gasteiger charge is -2.08. The van der Waals surface area contributed by atoms with Gasteiger partial charge in [0.1, 0.15) is 11.6 Å². The first kappa shape index (κ1) is 14.9. The van der Waals surface area contributed by atoms with Gasteiger partial charge in [-0.15, -0.1) is 0 Å². The Morgan fingerprint density at radius 1 is 1.25 bits per heavy atom. The average molecular weight is 276 g/mol. The van der Waals surface area contributed by atoms with Crippen molar-refractivity contribution in [3.05, 3.63) is 24.0 Å². The topological polar surface area (TPSA) is 47.3 Å². The average Bonchev–Trinajstić information content (AvgIpc) is 2.80. The van der Waals surface area contributed by atoms with Gasteiger partial charge in [0.25, 0.3) is 0 Å². The molecule has 0 radical (unpaired) electrons. The Kier molecular flexibility index (Phi) is 5.41. The SMILES string of the molecule is CCCCn1c(CCCO)nc2cc(OCC)ccc21. The zero-order valence-corrected chi connectivity index (χ0v) is 12.4. The van der Waals surface area contributed by atoms with E-state index < -0.39 is 0 Å². The number of nitrogens with zero attached hydrogens (tertiary/aromatic N) is 2. The molecule has 0 saturated carbocycles. The van der Waals surface area contributed by atoms with Gasteiger partial charge >= 0.3 is 0 Å². The molecule has 0 bridgehead atoms. The van der Waals surface area contributed by atoms with Crippen LogP contribution in [-0.4, -0.2) is 27.9 Å². The zero-order valence-electron chi connectivity index (χ0n) is 12.4. The Balaban J connectivity index is 2.36. The minimum atomic E-state index is 0.210. The van der Waals surface area contributed by atoms with E-state index in [-0.39, 0.29) is 6.61 Å². The van der Waals surface area contributed by atoms with Crippen LogP contribution in [0.1, 0.15) is 38.9 Å². The van der Waals surface area contributed by atoms with Gasteiger partial charge in [0, 0.05) is 25.6 Å². The van der Waals surface area contributed by atoms with Crippen LogP contribution < -0.4 is 4.74 Å². The predicted molar refractivity (Wildman–Crippen MR) is 81.2 cm³/mol. The van der Waals surface area contributed by atoms with Gasteiger partial charge in [-0.25, -0.2) is 4.98 Å². The molecular weight excluding hydrogens is 252 g/mol. The van der Waals surface area contributed by atoms with Crippen molar-refractivity contribution in [1.82, 2.24) is 9.55 Å². The summed E-state index contributed by atoms with van der Waals surface area (Å²) in [5.41, 5.74) is 2.15. The van der Waals surface area contributed by atoms with Crippen LogP contribution in [0.4, 0.5) is 0 Å². The molecule has 0 aliphatic rings. The van der Waals surface area contributed by atoms with E-state index in [0.717, 1.165) is 54.8 Å². The zero-order chi connectivity index (χ0) is 14.4. The monoisotopic (exact) mass is 276 g/mol. The quantitative estimate of drug-likeness (QED) is 0.805. The van der Waals surface area contributed by atoms with E-state index in [9.17, 15) is 0 Å². The van der Waals surface area contributed by atoms with Crippen molar-refractivity contribution >= 4 is 11.0 Å². The first-order valence-corrected chi connectivity index (χ1v) is 7.53. The number of rotatable bonds is 8. The molecule has 2 aromatic rings. The molecule has 0 aliphatic heterocycles. The summed E-state index contributed by atoms with van der Waals surface area (Å²) in [6.45, 7) is 6.04. The molecule has 110 valence electrons. The van der Waals surface area contributed by atoms with Crippen LogP contribution in [0.5, 0.6) is 5.75 Å². The second-order valence-electron chi connectivity index (χ2n) is 4.94. The van der Waals surface area contributed by atoms with E-state index in [0.29, 0.717) is 6.61 Å². The van der Waals surface area contributed by atoms with Gasteiger partial charge in [-0.1, -0.05) is 13.3 Å². The van der Waals surface area contributed by atoms with Crippen molar-refractivity contribution in [3.63, 3.8) is 0 Å². The van der Waals surface area contributed by atoms with Crippen LogP contribution in [0, 0.1) is 0 Å². The molecule has 4 heteroatoms. The van der Waals surface area contributed by atoms with Crippen molar-refractivity contribution in [1.29, 1.82) is 0 Å². The molecule has 0 aliphatic carbocycles. The Morgan fingerprint density at radius 2 is 2.10 bits per heavy atom. The number of unbranched alkanes of at least 4 members (excludes halogenated alkanes) is 1. The van der Waals surface area contributed by atoms with Crippen molar-refractivity contribution < 1.29 is 9.84 Å². The summed E-state index contributed by atoms with van der Waals surface area (Å²) in [5.74, 6) is 1.94. The normalized spacial score (nSPS) is 11.2. The van der Waals surface area contributed by atoms with Gasteiger partial charge in [0.15, 0.2) is 0 Å². The fourth-order valence-electron chi connectivity index (χ4n) is 2.41. The summed E-state index contributed by atoms with van der Waals surface area (Å²) in [6.07, 6.45) is 3.88. The van der Waals surface area contributed by atoms with E-state index in [1.165, 1.54) is 0 Å². The van der Waals surface area contributed by atoms with Crippen LogP contribution in [0.15, 0.2) is 18.2 Å². The Labute approximate surface area is 120 Å². The smallest absolute Gasteiger partial charge is 0.121 e. The number of ether oxygens (including phenoxy) is 1. The Hall–Kier alpha value is -1.55. The van der Waals surface area contributed by atoms with Crippen LogP contribution >= 0.6 is 0 Å². The highest BCUT2D eigenvalue weighted by Crippen LogP contribution is 2.23. The second kappa shape index (κ2) is 7.29. The fourth-order valence-corrected chi connectivity index (χ4v) is 2.41. The lowest BCUT2D eigenvalue weighted by molar-refractivity contribution is 0.287. The third-order valence-corrected chi connectivity index (χ3v) is 3.40. The second-order valence-corrected chi connectivity index (χ2v) is 4.94. The summed E-state index contributed by atoms with van der Waals surface area (Å²) in [5, 5.41) is 9.03. The highest BCUT2D eigenvalue weighted by molar-refractivity contribution is 5.77.